The molecule has 1 aromatic carbocycles. The van der Waals surface area contributed by atoms with Crippen molar-refractivity contribution in [3.63, 3.8) is 0 Å². The third kappa shape index (κ3) is 4.92. The topological polar surface area (TPSA) is 26.0 Å². The van der Waals surface area contributed by atoms with Crippen LogP contribution in [0.1, 0.15) is 36.8 Å². The SMILES string of the molecule is Cc1ccc(N)cc1.Cc1csc(C(C)(C)C)c1. The molecule has 0 atom stereocenters. The minimum absolute atomic E-state index is 0.332. The summed E-state index contributed by atoms with van der Waals surface area (Å²) >= 11 is 1.86. The highest BCUT2D eigenvalue weighted by atomic mass is 32.1. The number of nitrogen functional groups attached to an aromatic ring is 1. The standard InChI is InChI=1S/C9H14S.C7H9N/c1-7-5-8(10-6-7)9(2,3)4;1-6-2-4-7(8)5-3-6/h5-6H,1-4H3;2-5H,8H2,1H3. The van der Waals surface area contributed by atoms with Crippen LogP contribution in [-0.4, -0.2) is 0 Å². The molecule has 0 unspecified atom stereocenters. The summed E-state index contributed by atoms with van der Waals surface area (Å²) in [5, 5.41) is 2.21. The lowest BCUT2D eigenvalue weighted by atomic mass is 9.94. The first-order valence-corrected chi connectivity index (χ1v) is 7.05. The number of thiophene rings is 1. The molecule has 0 aliphatic heterocycles. The number of anilines is 1. The summed E-state index contributed by atoms with van der Waals surface area (Å²) in [7, 11) is 0. The molecule has 1 nitrogen and oxygen atoms in total. The Bertz CT molecular complexity index is 454. The largest absolute Gasteiger partial charge is 0.399 e. The van der Waals surface area contributed by atoms with E-state index in [1.54, 1.807) is 0 Å². The predicted octanol–water partition coefficient (Wildman–Crippen LogP) is 4.93. The van der Waals surface area contributed by atoms with Crippen LogP contribution in [0.2, 0.25) is 0 Å². The van der Waals surface area contributed by atoms with Crippen molar-refractivity contribution in [2.24, 2.45) is 0 Å². The molecule has 98 valence electrons. The molecule has 2 aromatic rings. The Kier molecular flexibility index (Phi) is 4.97. The van der Waals surface area contributed by atoms with E-state index in [0.29, 0.717) is 5.41 Å². The van der Waals surface area contributed by atoms with Crippen LogP contribution in [0.25, 0.3) is 0 Å². The number of nitrogens with two attached hydrogens (primary N) is 1. The summed E-state index contributed by atoms with van der Waals surface area (Å²) in [6, 6.07) is 10.1. The second-order valence-corrected chi connectivity index (χ2v) is 6.56. The monoisotopic (exact) mass is 261 g/mol. The average molecular weight is 261 g/mol. The van der Waals surface area contributed by atoms with Crippen LogP contribution in [-0.2, 0) is 5.41 Å². The van der Waals surface area contributed by atoms with Gasteiger partial charge in [-0.15, -0.1) is 11.3 Å². The number of aryl methyl sites for hydroxylation is 2. The summed E-state index contributed by atoms with van der Waals surface area (Å²) < 4.78 is 0. The lowest BCUT2D eigenvalue weighted by Crippen LogP contribution is -2.07. The smallest absolute Gasteiger partial charge is 0.0314 e. The van der Waals surface area contributed by atoms with Crippen molar-refractivity contribution < 1.29 is 0 Å². The van der Waals surface area contributed by atoms with E-state index in [2.05, 4.69) is 39.1 Å². The van der Waals surface area contributed by atoms with Crippen molar-refractivity contribution >= 4 is 17.0 Å². The van der Waals surface area contributed by atoms with Crippen molar-refractivity contribution in [1.29, 1.82) is 0 Å². The fourth-order valence-electron chi connectivity index (χ4n) is 1.39. The van der Waals surface area contributed by atoms with Crippen molar-refractivity contribution in [3.05, 3.63) is 51.7 Å². The maximum atomic E-state index is 5.43. The third-order valence-corrected chi connectivity index (χ3v) is 4.02. The highest BCUT2D eigenvalue weighted by Gasteiger charge is 2.14. The van der Waals surface area contributed by atoms with Gasteiger partial charge in [0, 0.05) is 10.6 Å². The van der Waals surface area contributed by atoms with Crippen LogP contribution in [0.3, 0.4) is 0 Å². The van der Waals surface area contributed by atoms with Gasteiger partial charge < -0.3 is 5.73 Å². The quantitative estimate of drug-likeness (QED) is 0.668. The molecule has 0 aliphatic carbocycles. The van der Waals surface area contributed by atoms with E-state index >= 15 is 0 Å². The van der Waals surface area contributed by atoms with Gasteiger partial charge in [0.15, 0.2) is 0 Å². The van der Waals surface area contributed by atoms with Crippen LogP contribution >= 0.6 is 11.3 Å². The molecule has 0 aliphatic rings. The van der Waals surface area contributed by atoms with E-state index in [1.807, 2.05) is 42.5 Å². The van der Waals surface area contributed by atoms with Gasteiger partial charge in [0.1, 0.15) is 0 Å². The second-order valence-electron chi connectivity index (χ2n) is 5.65. The molecular weight excluding hydrogens is 238 g/mol. The molecule has 1 aromatic heterocycles. The summed E-state index contributed by atoms with van der Waals surface area (Å²) in [4.78, 5) is 1.48. The van der Waals surface area contributed by atoms with Gasteiger partial charge in [-0.3, -0.25) is 0 Å². The third-order valence-electron chi connectivity index (χ3n) is 2.55. The van der Waals surface area contributed by atoms with E-state index in [1.165, 1.54) is 16.0 Å². The zero-order chi connectivity index (χ0) is 13.8. The number of hydrogen-bond acceptors (Lipinski definition) is 2. The van der Waals surface area contributed by atoms with Crippen LogP contribution < -0.4 is 5.73 Å². The average Bonchev–Trinajstić information content (AvgIpc) is 2.70. The zero-order valence-corrected chi connectivity index (χ0v) is 12.8. The Morgan fingerprint density at radius 1 is 0.944 bits per heavy atom. The van der Waals surface area contributed by atoms with E-state index in [0.717, 1.165) is 5.69 Å². The van der Waals surface area contributed by atoms with E-state index in [4.69, 9.17) is 5.73 Å². The minimum Gasteiger partial charge on any atom is -0.399 e. The Morgan fingerprint density at radius 2 is 1.50 bits per heavy atom. The van der Waals surface area contributed by atoms with Gasteiger partial charge in [-0.2, -0.15) is 0 Å². The van der Waals surface area contributed by atoms with Gasteiger partial charge in [-0.05, 0) is 48.4 Å². The normalized spacial score (nSPS) is 10.7. The molecule has 0 bridgehead atoms. The van der Waals surface area contributed by atoms with Crippen molar-refractivity contribution in [2.75, 3.05) is 5.73 Å². The Labute approximate surface area is 115 Å². The Balaban J connectivity index is 0.000000184. The van der Waals surface area contributed by atoms with E-state index in [9.17, 15) is 0 Å². The van der Waals surface area contributed by atoms with Gasteiger partial charge in [0.25, 0.3) is 0 Å². The lowest BCUT2D eigenvalue weighted by Gasteiger charge is -2.14. The predicted molar refractivity (Wildman–Crippen MR) is 83.3 cm³/mol. The highest BCUT2D eigenvalue weighted by molar-refractivity contribution is 7.10. The maximum absolute atomic E-state index is 5.43. The summed E-state index contributed by atoms with van der Waals surface area (Å²) in [5.41, 5.74) is 9.22. The fraction of sp³-hybridized carbons (Fsp3) is 0.375. The first-order chi connectivity index (χ1) is 8.29. The Morgan fingerprint density at radius 3 is 1.78 bits per heavy atom. The van der Waals surface area contributed by atoms with Crippen LogP contribution in [0, 0.1) is 13.8 Å². The molecule has 0 fully saturated rings. The molecule has 2 heteroatoms. The first-order valence-electron chi connectivity index (χ1n) is 6.17. The summed E-state index contributed by atoms with van der Waals surface area (Å²) in [5.74, 6) is 0. The van der Waals surface area contributed by atoms with E-state index in [-0.39, 0.29) is 0 Å². The molecule has 1 heterocycles. The number of hydrogen-bond donors (Lipinski definition) is 1. The van der Waals surface area contributed by atoms with Crippen LogP contribution in [0.15, 0.2) is 35.7 Å². The number of rotatable bonds is 0. The van der Waals surface area contributed by atoms with Crippen LogP contribution in [0.4, 0.5) is 5.69 Å². The second kappa shape index (κ2) is 6.05. The summed E-state index contributed by atoms with van der Waals surface area (Å²) in [6.45, 7) is 10.9. The Hall–Kier alpha value is -1.28. The molecule has 0 radical (unpaired) electrons. The van der Waals surface area contributed by atoms with Gasteiger partial charge in [0.05, 0.1) is 0 Å². The molecule has 0 spiro atoms. The van der Waals surface area contributed by atoms with Gasteiger partial charge >= 0.3 is 0 Å². The summed E-state index contributed by atoms with van der Waals surface area (Å²) in [6.07, 6.45) is 0. The molecule has 18 heavy (non-hydrogen) atoms. The zero-order valence-electron chi connectivity index (χ0n) is 11.9. The molecule has 0 saturated heterocycles. The molecule has 0 amide bonds. The lowest BCUT2D eigenvalue weighted by molar-refractivity contribution is 0.603. The van der Waals surface area contributed by atoms with E-state index < -0.39 is 0 Å². The highest BCUT2D eigenvalue weighted by Crippen LogP contribution is 2.27. The fourth-order valence-corrected chi connectivity index (χ4v) is 2.38. The molecule has 2 rings (SSSR count). The molecule has 2 N–H and O–H groups in total. The molecule has 0 saturated carbocycles. The number of benzene rings is 1. The minimum atomic E-state index is 0.332. The van der Waals surface area contributed by atoms with Gasteiger partial charge in [-0.25, -0.2) is 0 Å². The molecular formula is C16H23NS. The first kappa shape index (κ1) is 14.8. The van der Waals surface area contributed by atoms with Gasteiger partial charge in [0.2, 0.25) is 0 Å². The van der Waals surface area contributed by atoms with Crippen LogP contribution in [0.5, 0.6) is 0 Å². The van der Waals surface area contributed by atoms with Crippen molar-refractivity contribution in [2.45, 2.75) is 40.0 Å². The van der Waals surface area contributed by atoms with Crippen molar-refractivity contribution in [1.82, 2.24) is 0 Å². The van der Waals surface area contributed by atoms with Gasteiger partial charge in [-0.1, -0.05) is 38.5 Å². The van der Waals surface area contributed by atoms with Crippen molar-refractivity contribution in [3.8, 4) is 0 Å². The maximum Gasteiger partial charge on any atom is 0.0314 e.